The molecule has 1 N–H and O–H groups in total. The summed E-state index contributed by atoms with van der Waals surface area (Å²) in [7, 11) is 1.64. The van der Waals surface area contributed by atoms with Crippen LogP contribution in [0.2, 0.25) is 0 Å². The van der Waals surface area contributed by atoms with Crippen LogP contribution in [0.5, 0.6) is 5.75 Å². The van der Waals surface area contributed by atoms with E-state index in [-0.39, 0.29) is 12.0 Å². The first-order chi connectivity index (χ1) is 8.33. The first kappa shape index (κ1) is 11.7. The van der Waals surface area contributed by atoms with E-state index in [0.29, 0.717) is 6.61 Å². The molecule has 0 bridgehead atoms. The summed E-state index contributed by atoms with van der Waals surface area (Å²) in [6.45, 7) is 1.43. The Balaban J connectivity index is 2.00. The van der Waals surface area contributed by atoms with Crippen LogP contribution in [0.3, 0.4) is 0 Å². The van der Waals surface area contributed by atoms with Crippen LogP contribution in [-0.2, 0) is 4.74 Å². The molecule has 0 aromatic heterocycles. The maximum Gasteiger partial charge on any atom is 0.119 e. The molecule has 2 rings (SSSR count). The summed E-state index contributed by atoms with van der Waals surface area (Å²) in [5.41, 5.74) is 0.934. The van der Waals surface area contributed by atoms with Gasteiger partial charge >= 0.3 is 0 Å². The number of benzene rings is 1. The minimum atomic E-state index is -0.189. The molecule has 1 aromatic carbocycles. The number of anilines is 1. The fourth-order valence-corrected chi connectivity index (χ4v) is 1.94. The summed E-state index contributed by atoms with van der Waals surface area (Å²) in [6, 6.07) is 9.69. The Morgan fingerprint density at radius 3 is 2.76 bits per heavy atom. The minimum absolute atomic E-state index is 0.189. The quantitative estimate of drug-likeness (QED) is 0.863. The standard InChI is InChI=1S/C13H16N2O2/c1-16-12-4-2-11(3-5-12)15-13(8-14)10-6-7-17-9-10/h2-5,10,13,15H,6-7,9H2,1H3. The van der Waals surface area contributed by atoms with E-state index in [9.17, 15) is 0 Å². The molecule has 1 aliphatic heterocycles. The third-order valence-electron chi connectivity index (χ3n) is 2.99. The molecule has 4 nitrogen and oxygen atoms in total. The van der Waals surface area contributed by atoms with Crippen LogP contribution in [0.1, 0.15) is 6.42 Å². The molecule has 1 fully saturated rings. The molecule has 17 heavy (non-hydrogen) atoms. The summed E-state index contributed by atoms with van der Waals surface area (Å²) in [6.07, 6.45) is 0.946. The fourth-order valence-electron chi connectivity index (χ4n) is 1.94. The van der Waals surface area contributed by atoms with Crippen LogP contribution >= 0.6 is 0 Å². The second-order valence-electron chi connectivity index (χ2n) is 4.10. The van der Waals surface area contributed by atoms with Gasteiger partial charge in [0.2, 0.25) is 0 Å². The molecular formula is C13H16N2O2. The number of hydrogen-bond acceptors (Lipinski definition) is 4. The van der Waals surface area contributed by atoms with Gasteiger partial charge in [0, 0.05) is 18.2 Å². The molecular weight excluding hydrogens is 216 g/mol. The zero-order valence-corrected chi connectivity index (χ0v) is 9.85. The molecule has 0 saturated carbocycles. The Morgan fingerprint density at radius 2 is 2.24 bits per heavy atom. The van der Waals surface area contributed by atoms with E-state index in [1.54, 1.807) is 7.11 Å². The molecule has 0 radical (unpaired) electrons. The van der Waals surface area contributed by atoms with Crippen molar-refractivity contribution in [1.29, 1.82) is 5.26 Å². The van der Waals surface area contributed by atoms with E-state index in [0.717, 1.165) is 24.5 Å². The van der Waals surface area contributed by atoms with Gasteiger partial charge in [-0.1, -0.05) is 0 Å². The van der Waals surface area contributed by atoms with Gasteiger partial charge in [0.25, 0.3) is 0 Å². The van der Waals surface area contributed by atoms with E-state index >= 15 is 0 Å². The molecule has 0 amide bonds. The minimum Gasteiger partial charge on any atom is -0.497 e. The van der Waals surface area contributed by atoms with Crippen LogP contribution in [0.25, 0.3) is 0 Å². The van der Waals surface area contributed by atoms with Crippen molar-refractivity contribution >= 4 is 5.69 Å². The molecule has 0 spiro atoms. The van der Waals surface area contributed by atoms with Gasteiger partial charge < -0.3 is 14.8 Å². The summed E-state index contributed by atoms with van der Waals surface area (Å²) >= 11 is 0. The lowest BCUT2D eigenvalue weighted by Gasteiger charge is -2.18. The average molecular weight is 232 g/mol. The Hall–Kier alpha value is -1.73. The number of nitriles is 1. The van der Waals surface area contributed by atoms with Gasteiger partial charge in [-0.2, -0.15) is 5.26 Å². The Morgan fingerprint density at radius 1 is 1.47 bits per heavy atom. The van der Waals surface area contributed by atoms with Gasteiger partial charge in [0.05, 0.1) is 19.8 Å². The summed E-state index contributed by atoms with van der Waals surface area (Å²) < 4.78 is 10.4. The van der Waals surface area contributed by atoms with Crippen molar-refractivity contribution in [2.45, 2.75) is 12.5 Å². The van der Waals surface area contributed by atoms with E-state index < -0.39 is 0 Å². The molecule has 1 aromatic rings. The molecule has 90 valence electrons. The lowest BCUT2D eigenvalue weighted by molar-refractivity contribution is 0.185. The SMILES string of the molecule is COc1ccc(NC(C#N)C2CCOC2)cc1. The van der Waals surface area contributed by atoms with Crippen LogP contribution in [0.4, 0.5) is 5.69 Å². The van der Waals surface area contributed by atoms with Crippen molar-refractivity contribution < 1.29 is 9.47 Å². The molecule has 1 saturated heterocycles. The lowest BCUT2D eigenvalue weighted by Crippen LogP contribution is -2.27. The predicted octanol–water partition coefficient (Wildman–Crippen LogP) is 2.04. The highest BCUT2D eigenvalue weighted by Crippen LogP contribution is 2.21. The lowest BCUT2D eigenvalue weighted by atomic mass is 10.00. The number of nitrogens with zero attached hydrogens (tertiary/aromatic N) is 1. The Kier molecular flexibility index (Phi) is 3.84. The van der Waals surface area contributed by atoms with Crippen molar-refractivity contribution in [3.8, 4) is 11.8 Å². The number of hydrogen-bond donors (Lipinski definition) is 1. The maximum absolute atomic E-state index is 9.16. The molecule has 2 unspecified atom stereocenters. The predicted molar refractivity (Wildman–Crippen MR) is 64.9 cm³/mol. The second-order valence-corrected chi connectivity index (χ2v) is 4.10. The van der Waals surface area contributed by atoms with Crippen LogP contribution in [0.15, 0.2) is 24.3 Å². The van der Waals surface area contributed by atoms with Gasteiger partial charge in [0.15, 0.2) is 0 Å². The van der Waals surface area contributed by atoms with E-state index in [2.05, 4.69) is 11.4 Å². The third-order valence-corrected chi connectivity index (χ3v) is 2.99. The van der Waals surface area contributed by atoms with Crippen molar-refractivity contribution in [3.63, 3.8) is 0 Å². The summed E-state index contributed by atoms with van der Waals surface area (Å²) in [5.74, 6) is 1.09. The van der Waals surface area contributed by atoms with Gasteiger partial charge in [0.1, 0.15) is 11.8 Å². The Labute approximate surface area is 101 Å². The number of rotatable bonds is 4. The topological polar surface area (TPSA) is 54.3 Å². The first-order valence-electron chi connectivity index (χ1n) is 5.71. The Bertz CT molecular complexity index is 391. The van der Waals surface area contributed by atoms with Crippen LogP contribution in [-0.4, -0.2) is 26.4 Å². The highest BCUT2D eigenvalue weighted by molar-refractivity contribution is 5.48. The van der Waals surface area contributed by atoms with Gasteiger partial charge in [-0.25, -0.2) is 0 Å². The highest BCUT2D eigenvalue weighted by Gasteiger charge is 2.25. The third kappa shape index (κ3) is 2.89. The first-order valence-corrected chi connectivity index (χ1v) is 5.71. The van der Waals surface area contributed by atoms with Gasteiger partial charge in [-0.05, 0) is 30.7 Å². The van der Waals surface area contributed by atoms with Crippen LogP contribution < -0.4 is 10.1 Å². The molecule has 0 aliphatic carbocycles. The van der Waals surface area contributed by atoms with Gasteiger partial charge in [-0.15, -0.1) is 0 Å². The molecule has 4 heteroatoms. The van der Waals surface area contributed by atoms with Crippen molar-refractivity contribution in [2.75, 3.05) is 25.6 Å². The number of nitrogens with one attached hydrogen (secondary N) is 1. The number of methoxy groups -OCH3 is 1. The van der Waals surface area contributed by atoms with Crippen molar-refractivity contribution in [3.05, 3.63) is 24.3 Å². The summed E-state index contributed by atoms with van der Waals surface area (Å²) in [4.78, 5) is 0. The molecule has 1 heterocycles. The van der Waals surface area contributed by atoms with E-state index in [1.807, 2.05) is 24.3 Å². The molecule has 2 atom stereocenters. The van der Waals surface area contributed by atoms with E-state index in [1.165, 1.54) is 0 Å². The van der Waals surface area contributed by atoms with E-state index in [4.69, 9.17) is 14.7 Å². The zero-order valence-electron chi connectivity index (χ0n) is 9.85. The highest BCUT2D eigenvalue weighted by atomic mass is 16.5. The van der Waals surface area contributed by atoms with Crippen molar-refractivity contribution in [1.82, 2.24) is 0 Å². The largest absolute Gasteiger partial charge is 0.497 e. The van der Waals surface area contributed by atoms with Gasteiger partial charge in [-0.3, -0.25) is 0 Å². The monoisotopic (exact) mass is 232 g/mol. The maximum atomic E-state index is 9.16. The zero-order chi connectivity index (χ0) is 12.1. The summed E-state index contributed by atoms with van der Waals surface area (Å²) in [5, 5.41) is 12.4. The normalized spacial score (nSPS) is 20.6. The molecule has 1 aliphatic rings. The van der Waals surface area contributed by atoms with Crippen molar-refractivity contribution in [2.24, 2.45) is 5.92 Å². The van der Waals surface area contributed by atoms with Crippen LogP contribution in [0, 0.1) is 17.2 Å². The smallest absolute Gasteiger partial charge is 0.119 e. The fraction of sp³-hybridized carbons (Fsp3) is 0.462. The number of ether oxygens (including phenoxy) is 2. The average Bonchev–Trinajstić information content (AvgIpc) is 2.90. The second kappa shape index (κ2) is 5.55.